The molecule has 0 N–H and O–H groups in total. The van der Waals surface area contributed by atoms with Crippen molar-refractivity contribution in [2.24, 2.45) is 0 Å². The quantitative estimate of drug-likeness (QED) is 0.469. The fourth-order valence-electron chi connectivity index (χ4n) is 1.04. The largest absolute Gasteiger partial charge is 0.434 e. The van der Waals surface area contributed by atoms with Crippen LogP contribution in [-0.2, 0) is 0 Å². The highest BCUT2D eigenvalue weighted by atomic mass is 35.5. The molecule has 0 aliphatic rings. The second-order valence-corrected chi connectivity index (χ2v) is 3.03. The molecule has 0 bridgehead atoms. The molecular formula is C8H4ClF2NO4. The van der Waals surface area contributed by atoms with Crippen molar-refractivity contribution in [3.05, 3.63) is 32.8 Å². The van der Waals surface area contributed by atoms with E-state index in [2.05, 4.69) is 4.74 Å². The Bertz CT molecular complexity index is 438. The molecule has 0 aliphatic heterocycles. The topological polar surface area (TPSA) is 69.4 Å². The van der Waals surface area contributed by atoms with Crippen LogP contribution in [0.15, 0.2) is 12.1 Å². The number of nitro groups is 1. The van der Waals surface area contributed by atoms with Gasteiger partial charge in [0.05, 0.1) is 9.95 Å². The van der Waals surface area contributed by atoms with Gasteiger partial charge in [0.25, 0.3) is 5.69 Å². The summed E-state index contributed by atoms with van der Waals surface area (Å²) in [6.07, 6.45) is 0.0617. The molecular weight excluding hydrogens is 248 g/mol. The number of benzene rings is 1. The molecule has 0 saturated carbocycles. The van der Waals surface area contributed by atoms with Gasteiger partial charge in [-0.05, 0) is 0 Å². The van der Waals surface area contributed by atoms with Gasteiger partial charge in [-0.1, -0.05) is 11.6 Å². The van der Waals surface area contributed by atoms with Gasteiger partial charge in [-0.15, -0.1) is 0 Å². The number of carbonyl (C=O) groups is 1. The summed E-state index contributed by atoms with van der Waals surface area (Å²) in [5.74, 6) is -0.621. The molecule has 1 rings (SSSR count). The summed E-state index contributed by atoms with van der Waals surface area (Å²) in [7, 11) is 0. The number of ether oxygens (including phenoxy) is 1. The molecule has 16 heavy (non-hydrogen) atoms. The predicted molar refractivity (Wildman–Crippen MR) is 50.1 cm³/mol. The predicted octanol–water partition coefficient (Wildman–Crippen LogP) is 2.66. The molecule has 0 unspecified atom stereocenters. The minimum atomic E-state index is -3.20. The standard InChI is InChI=1S/C8H4ClF2NO4/c9-4-1-6(12(14)15)5(3-13)7(2-4)16-8(10)11/h1-3,8H. The van der Waals surface area contributed by atoms with Gasteiger partial charge in [0.15, 0.2) is 6.29 Å². The number of aldehydes is 1. The number of rotatable bonds is 4. The number of hydrogen-bond donors (Lipinski definition) is 0. The molecule has 1 aromatic rings. The molecule has 86 valence electrons. The monoisotopic (exact) mass is 251 g/mol. The highest BCUT2D eigenvalue weighted by Gasteiger charge is 2.21. The summed E-state index contributed by atoms with van der Waals surface area (Å²) in [6, 6.07) is 1.79. The maximum atomic E-state index is 12.0. The Morgan fingerprint density at radius 1 is 1.50 bits per heavy atom. The molecule has 0 aliphatic carbocycles. The van der Waals surface area contributed by atoms with E-state index in [0.717, 1.165) is 12.1 Å². The summed E-state index contributed by atoms with van der Waals surface area (Å²) in [5.41, 5.74) is -1.26. The zero-order chi connectivity index (χ0) is 12.3. The highest BCUT2D eigenvalue weighted by Crippen LogP contribution is 2.32. The second kappa shape index (κ2) is 4.84. The molecule has 0 amide bonds. The first kappa shape index (κ1) is 12.3. The Balaban J connectivity index is 3.35. The van der Waals surface area contributed by atoms with E-state index >= 15 is 0 Å². The van der Waals surface area contributed by atoms with Gasteiger partial charge >= 0.3 is 6.61 Å². The minimum absolute atomic E-state index is 0.0617. The van der Waals surface area contributed by atoms with Gasteiger partial charge in [0.1, 0.15) is 11.3 Å². The van der Waals surface area contributed by atoms with Crippen molar-refractivity contribution >= 4 is 23.6 Å². The van der Waals surface area contributed by atoms with Gasteiger partial charge in [-0.25, -0.2) is 0 Å². The number of nitrogens with zero attached hydrogens (tertiary/aromatic N) is 1. The van der Waals surface area contributed by atoms with E-state index in [-0.39, 0.29) is 11.3 Å². The van der Waals surface area contributed by atoms with Gasteiger partial charge in [-0.3, -0.25) is 14.9 Å². The first-order chi connectivity index (χ1) is 7.45. The first-order valence-corrected chi connectivity index (χ1v) is 4.21. The van der Waals surface area contributed by atoms with Crippen molar-refractivity contribution in [1.29, 1.82) is 0 Å². The third-order valence-electron chi connectivity index (χ3n) is 1.62. The van der Waals surface area contributed by atoms with Crippen LogP contribution in [-0.4, -0.2) is 17.8 Å². The molecule has 0 aromatic heterocycles. The highest BCUT2D eigenvalue weighted by molar-refractivity contribution is 6.31. The van der Waals surface area contributed by atoms with Gasteiger partial charge in [0, 0.05) is 12.1 Å². The van der Waals surface area contributed by atoms with E-state index in [1.54, 1.807) is 0 Å². The first-order valence-electron chi connectivity index (χ1n) is 3.83. The zero-order valence-corrected chi connectivity index (χ0v) is 8.28. The average Bonchev–Trinajstić information content (AvgIpc) is 2.15. The molecule has 0 spiro atoms. The van der Waals surface area contributed by atoms with Gasteiger partial charge < -0.3 is 4.74 Å². The van der Waals surface area contributed by atoms with Crippen LogP contribution in [0.3, 0.4) is 0 Å². The lowest BCUT2D eigenvalue weighted by Crippen LogP contribution is -2.06. The smallest absolute Gasteiger partial charge is 0.387 e. The summed E-state index contributed by atoms with van der Waals surface area (Å²) < 4.78 is 27.9. The van der Waals surface area contributed by atoms with Crippen molar-refractivity contribution in [3.8, 4) is 5.75 Å². The van der Waals surface area contributed by atoms with Crippen LogP contribution in [0.2, 0.25) is 5.02 Å². The summed E-state index contributed by atoms with van der Waals surface area (Å²) in [6.45, 7) is -3.20. The molecule has 0 radical (unpaired) electrons. The van der Waals surface area contributed by atoms with Crippen LogP contribution in [0.5, 0.6) is 5.75 Å². The Hall–Kier alpha value is -1.76. The maximum absolute atomic E-state index is 12.0. The Morgan fingerprint density at radius 3 is 2.56 bits per heavy atom. The van der Waals surface area contributed by atoms with E-state index in [9.17, 15) is 23.7 Å². The Labute approximate surface area is 92.7 Å². The lowest BCUT2D eigenvalue weighted by Gasteiger charge is -2.07. The lowest BCUT2D eigenvalue weighted by atomic mass is 10.2. The van der Waals surface area contributed by atoms with E-state index < -0.39 is 28.5 Å². The van der Waals surface area contributed by atoms with Crippen molar-refractivity contribution in [3.63, 3.8) is 0 Å². The number of alkyl halides is 2. The molecule has 0 saturated heterocycles. The minimum Gasteiger partial charge on any atom is -0.434 e. The van der Waals surface area contributed by atoms with Crippen LogP contribution in [0.4, 0.5) is 14.5 Å². The summed E-state index contributed by atoms with van der Waals surface area (Å²) >= 11 is 5.46. The number of nitro benzene ring substituents is 1. The van der Waals surface area contributed by atoms with Crippen LogP contribution in [0.1, 0.15) is 10.4 Å². The molecule has 0 fully saturated rings. The Morgan fingerprint density at radius 2 is 2.12 bits per heavy atom. The molecule has 1 aromatic carbocycles. The van der Waals surface area contributed by atoms with Crippen LogP contribution >= 0.6 is 11.6 Å². The normalized spacial score (nSPS) is 10.2. The van der Waals surface area contributed by atoms with Crippen molar-refractivity contribution in [2.45, 2.75) is 6.61 Å². The van der Waals surface area contributed by atoms with Gasteiger partial charge in [-0.2, -0.15) is 8.78 Å². The van der Waals surface area contributed by atoms with Crippen LogP contribution < -0.4 is 4.74 Å². The fourth-order valence-corrected chi connectivity index (χ4v) is 1.24. The Kier molecular flexibility index (Phi) is 3.73. The summed E-state index contributed by atoms with van der Waals surface area (Å²) in [4.78, 5) is 20.2. The number of halogens is 3. The van der Waals surface area contributed by atoms with Crippen molar-refractivity contribution < 1.29 is 23.2 Å². The number of hydrogen-bond acceptors (Lipinski definition) is 4. The molecule has 0 heterocycles. The fraction of sp³-hybridized carbons (Fsp3) is 0.125. The zero-order valence-electron chi connectivity index (χ0n) is 7.52. The van der Waals surface area contributed by atoms with Gasteiger partial charge in [0.2, 0.25) is 0 Å². The van der Waals surface area contributed by atoms with E-state index in [0.29, 0.717) is 0 Å². The van der Waals surface area contributed by atoms with Crippen molar-refractivity contribution in [2.75, 3.05) is 0 Å². The average molecular weight is 252 g/mol. The van der Waals surface area contributed by atoms with Crippen LogP contribution in [0.25, 0.3) is 0 Å². The SMILES string of the molecule is O=Cc1c(OC(F)F)cc(Cl)cc1[N+](=O)[O-]. The molecule has 5 nitrogen and oxygen atoms in total. The van der Waals surface area contributed by atoms with E-state index in [1.165, 1.54) is 0 Å². The van der Waals surface area contributed by atoms with E-state index in [4.69, 9.17) is 11.6 Å². The summed E-state index contributed by atoms with van der Waals surface area (Å²) in [5, 5.41) is 10.3. The third-order valence-corrected chi connectivity index (χ3v) is 1.83. The molecule has 0 atom stereocenters. The lowest BCUT2D eigenvalue weighted by molar-refractivity contribution is -0.385. The molecule has 8 heteroatoms. The third kappa shape index (κ3) is 2.63. The second-order valence-electron chi connectivity index (χ2n) is 2.59. The number of carbonyl (C=O) groups excluding carboxylic acids is 1. The van der Waals surface area contributed by atoms with E-state index in [1.807, 2.05) is 0 Å². The van der Waals surface area contributed by atoms with Crippen molar-refractivity contribution in [1.82, 2.24) is 0 Å². The maximum Gasteiger partial charge on any atom is 0.387 e. The van der Waals surface area contributed by atoms with Crippen LogP contribution in [0, 0.1) is 10.1 Å².